The minimum atomic E-state index is -3.99. The third-order valence-electron chi connectivity index (χ3n) is 6.27. The van der Waals surface area contributed by atoms with Gasteiger partial charge in [0.2, 0.25) is 15.9 Å². The van der Waals surface area contributed by atoms with Gasteiger partial charge in [-0.3, -0.25) is 19.1 Å². The van der Waals surface area contributed by atoms with Crippen LogP contribution in [0.3, 0.4) is 0 Å². The fraction of sp³-hybridized carbons (Fsp3) is 0.393. The molecule has 2 aromatic carbocycles. The molecule has 216 valence electrons. The van der Waals surface area contributed by atoms with Gasteiger partial charge in [0.1, 0.15) is 12.3 Å². The fourth-order valence-electron chi connectivity index (χ4n) is 4.21. The predicted octanol–water partition coefficient (Wildman–Crippen LogP) is 1.29. The van der Waals surface area contributed by atoms with Crippen LogP contribution in [0.25, 0.3) is 0 Å². The van der Waals surface area contributed by atoms with E-state index in [1.165, 1.54) is 36.7 Å². The number of benzene rings is 2. The van der Waals surface area contributed by atoms with Crippen molar-refractivity contribution in [3.05, 3.63) is 92.8 Å². The maximum Gasteiger partial charge on any atom is 0.328 e. The summed E-state index contributed by atoms with van der Waals surface area (Å²) in [5.74, 6) is -0.114. The summed E-state index contributed by atoms with van der Waals surface area (Å²) in [6.07, 6.45) is 0.214. The second-order valence-electron chi connectivity index (χ2n) is 10.0. The predicted molar refractivity (Wildman–Crippen MR) is 151 cm³/mol. The van der Waals surface area contributed by atoms with Gasteiger partial charge in [-0.15, -0.1) is 0 Å². The van der Waals surface area contributed by atoms with Crippen LogP contribution in [0.4, 0.5) is 0 Å². The van der Waals surface area contributed by atoms with Gasteiger partial charge in [0.15, 0.2) is 0 Å². The summed E-state index contributed by atoms with van der Waals surface area (Å²) < 4.78 is 34.5. The summed E-state index contributed by atoms with van der Waals surface area (Å²) in [6.45, 7) is 4.73. The smallest absolute Gasteiger partial charge is 0.328 e. The summed E-state index contributed by atoms with van der Waals surface area (Å²) in [7, 11) is -2.50. The maximum absolute atomic E-state index is 13.6. The Labute approximate surface area is 233 Å². The fourth-order valence-corrected chi connectivity index (χ4v) is 5.83. The second-order valence-corrected chi connectivity index (χ2v) is 12.0. The Hall–Kier alpha value is -3.74. The minimum Gasteiger partial charge on any atom is -0.497 e. The number of hydrogen-bond donors (Lipinski definition) is 3. The van der Waals surface area contributed by atoms with Crippen molar-refractivity contribution in [2.45, 2.75) is 50.8 Å². The zero-order chi connectivity index (χ0) is 29.4. The zero-order valence-electron chi connectivity index (χ0n) is 23.0. The van der Waals surface area contributed by atoms with Crippen molar-refractivity contribution < 1.29 is 23.1 Å². The van der Waals surface area contributed by atoms with Gasteiger partial charge in [-0.2, -0.15) is 4.31 Å². The first-order valence-electron chi connectivity index (χ1n) is 12.9. The number of sulfonamides is 1. The molecule has 11 nitrogen and oxygen atoms in total. The molecule has 0 aliphatic rings. The standard InChI is InChI=1S/C28H36N4O7S/c1-19(2)15-32(40(37,38)23-12-10-22(39-4)11-13-23)17-25(33)24(14-21-8-6-5-7-9-21)29-26(34)18-31-16-20(3)27(35)30-28(31)36/h5-13,16,19,24-25,33H,14-15,17-18H2,1-4H3,(H,29,34)(H,30,35,36)/t24-,25+/m0/s1. The topological polar surface area (TPSA) is 151 Å². The third kappa shape index (κ3) is 8.13. The number of carbonyl (C=O) groups excluding carboxylic acids is 1. The number of aliphatic hydroxyl groups excluding tert-OH is 1. The Morgan fingerprint density at radius 3 is 2.33 bits per heavy atom. The highest BCUT2D eigenvalue weighted by Crippen LogP contribution is 2.21. The van der Waals surface area contributed by atoms with E-state index in [-0.39, 0.29) is 35.9 Å². The Bertz CT molecular complexity index is 1500. The molecule has 40 heavy (non-hydrogen) atoms. The second kappa shape index (κ2) is 13.6. The lowest BCUT2D eigenvalue weighted by Crippen LogP contribution is -2.52. The van der Waals surface area contributed by atoms with E-state index in [4.69, 9.17) is 4.74 Å². The number of H-pyrrole nitrogens is 1. The van der Waals surface area contributed by atoms with Crippen molar-refractivity contribution in [1.82, 2.24) is 19.2 Å². The highest BCUT2D eigenvalue weighted by molar-refractivity contribution is 7.89. The number of nitrogens with one attached hydrogen (secondary N) is 2. The molecule has 0 radical (unpaired) electrons. The number of aryl methyl sites for hydroxylation is 1. The molecule has 3 aromatic rings. The number of ether oxygens (including phenoxy) is 1. The van der Waals surface area contributed by atoms with Crippen LogP contribution in [0, 0.1) is 12.8 Å². The zero-order valence-corrected chi connectivity index (χ0v) is 23.8. The molecule has 12 heteroatoms. The van der Waals surface area contributed by atoms with E-state index >= 15 is 0 Å². The van der Waals surface area contributed by atoms with Crippen molar-refractivity contribution >= 4 is 15.9 Å². The number of nitrogens with zero attached hydrogens (tertiary/aromatic N) is 2. The van der Waals surface area contributed by atoms with E-state index in [1.807, 2.05) is 44.2 Å². The molecule has 0 saturated heterocycles. The number of carbonyl (C=O) groups is 1. The van der Waals surface area contributed by atoms with Crippen LogP contribution >= 0.6 is 0 Å². The number of amides is 1. The summed E-state index contributed by atoms with van der Waals surface area (Å²) >= 11 is 0. The largest absolute Gasteiger partial charge is 0.497 e. The molecule has 1 heterocycles. The molecule has 0 fully saturated rings. The molecule has 0 aliphatic carbocycles. The first-order valence-corrected chi connectivity index (χ1v) is 14.3. The lowest BCUT2D eigenvalue weighted by molar-refractivity contribution is -0.123. The van der Waals surface area contributed by atoms with Gasteiger partial charge < -0.3 is 15.2 Å². The average molecular weight is 573 g/mol. The lowest BCUT2D eigenvalue weighted by Gasteiger charge is -2.31. The Morgan fingerprint density at radius 2 is 1.73 bits per heavy atom. The van der Waals surface area contributed by atoms with Gasteiger partial charge in [0, 0.05) is 24.8 Å². The molecule has 0 spiro atoms. The maximum atomic E-state index is 13.6. The van der Waals surface area contributed by atoms with E-state index < -0.39 is 45.9 Å². The molecular formula is C28H36N4O7S. The number of rotatable bonds is 13. The third-order valence-corrected chi connectivity index (χ3v) is 8.11. The average Bonchev–Trinajstić information content (AvgIpc) is 2.91. The monoisotopic (exact) mass is 572 g/mol. The molecule has 0 bridgehead atoms. The van der Waals surface area contributed by atoms with Crippen LogP contribution in [0.15, 0.2) is 75.3 Å². The normalized spacial score (nSPS) is 13.3. The molecule has 3 N–H and O–H groups in total. The van der Waals surface area contributed by atoms with Crippen molar-refractivity contribution in [3.63, 3.8) is 0 Å². The van der Waals surface area contributed by atoms with E-state index in [1.54, 1.807) is 12.1 Å². The van der Waals surface area contributed by atoms with Crippen molar-refractivity contribution in [3.8, 4) is 5.75 Å². The quantitative estimate of drug-likeness (QED) is 0.279. The summed E-state index contributed by atoms with van der Waals surface area (Å²) in [4.78, 5) is 39.0. The highest BCUT2D eigenvalue weighted by atomic mass is 32.2. The van der Waals surface area contributed by atoms with Crippen molar-refractivity contribution in [1.29, 1.82) is 0 Å². The first-order chi connectivity index (χ1) is 18.9. The highest BCUT2D eigenvalue weighted by Gasteiger charge is 2.31. The molecule has 0 unspecified atom stereocenters. The Balaban J connectivity index is 1.87. The number of methoxy groups -OCH3 is 1. The molecule has 1 amide bonds. The SMILES string of the molecule is COc1ccc(S(=O)(=O)N(CC(C)C)C[C@@H](O)[C@H](Cc2ccccc2)NC(=O)Cn2cc(C)c(=O)[nH]c2=O)cc1. The number of hydrogen-bond acceptors (Lipinski definition) is 7. The Morgan fingerprint density at radius 1 is 1.07 bits per heavy atom. The van der Waals surface area contributed by atoms with E-state index in [0.29, 0.717) is 5.75 Å². The number of aliphatic hydroxyl groups is 1. The minimum absolute atomic E-state index is 0.0438. The molecule has 0 saturated carbocycles. The van der Waals surface area contributed by atoms with Gasteiger partial charge in [-0.25, -0.2) is 13.2 Å². The van der Waals surface area contributed by atoms with Gasteiger partial charge in [0.05, 0.1) is 24.2 Å². The first kappa shape index (κ1) is 30.8. The van der Waals surface area contributed by atoms with Crippen LogP contribution in [-0.2, 0) is 27.8 Å². The van der Waals surface area contributed by atoms with Gasteiger partial charge in [0.25, 0.3) is 5.56 Å². The van der Waals surface area contributed by atoms with Crippen LogP contribution < -0.4 is 21.3 Å². The van der Waals surface area contributed by atoms with Crippen LogP contribution in [0.1, 0.15) is 25.0 Å². The van der Waals surface area contributed by atoms with E-state index in [0.717, 1.165) is 10.1 Å². The van der Waals surface area contributed by atoms with Crippen LogP contribution in [0.2, 0.25) is 0 Å². The lowest BCUT2D eigenvalue weighted by atomic mass is 10.0. The van der Waals surface area contributed by atoms with E-state index in [9.17, 15) is 27.9 Å². The molecule has 3 rings (SSSR count). The van der Waals surface area contributed by atoms with Gasteiger partial charge in [-0.1, -0.05) is 44.2 Å². The van der Waals surface area contributed by atoms with Crippen LogP contribution in [-0.4, -0.2) is 65.6 Å². The van der Waals surface area contributed by atoms with E-state index in [2.05, 4.69) is 10.3 Å². The number of aromatic amines is 1. The van der Waals surface area contributed by atoms with Crippen molar-refractivity contribution in [2.75, 3.05) is 20.2 Å². The molecule has 2 atom stereocenters. The Kier molecular flexibility index (Phi) is 10.4. The summed E-state index contributed by atoms with van der Waals surface area (Å²) in [5.41, 5.74) is -0.194. The molecule has 0 aliphatic heterocycles. The number of aromatic nitrogens is 2. The van der Waals surface area contributed by atoms with Gasteiger partial charge in [-0.05, 0) is 49.1 Å². The van der Waals surface area contributed by atoms with Crippen LogP contribution in [0.5, 0.6) is 5.75 Å². The summed E-state index contributed by atoms with van der Waals surface area (Å²) in [5, 5.41) is 14.1. The molecular weight excluding hydrogens is 536 g/mol. The van der Waals surface area contributed by atoms with Crippen molar-refractivity contribution in [2.24, 2.45) is 5.92 Å². The summed E-state index contributed by atoms with van der Waals surface area (Å²) in [6, 6.07) is 14.3. The molecule has 1 aromatic heterocycles. The van der Waals surface area contributed by atoms with Gasteiger partial charge >= 0.3 is 5.69 Å².